The first-order valence-corrected chi connectivity index (χ1v) is 6.21. The number of benzene rings is 2. The Morgan fingerprint density at radius 2 is 1.89 bits per heavy atom. The summed E-state index contributed by atoms with van der Waals surface area (Å²) >= 11 is 11.7. The van der Waals surface area contributed by atoms with Crippen LogP contribution in [0.1, 0.15) is 11.1 Å². The van der Waals surface area contributed by atoms with E-state index in [1.165, 1.54) is 5.56 Å². The van der Waals surface area contributed by atoms with Gasteiger partial charge in [-0.1, -0.05) is 53.0 Å². The molecule has 0 amide bonds. The van der Waals surface area contributed by atoms with Crippen LogP contribution < -0.4 is 5.43 Å². The Morgan fingerprint density at radius 3 is 2.61 bits per heavy atom. The smallest absolute Gasteiger partial charge is 0.0613 e. The lowest BCUT2D eigenvalue weighted by Crippen LogP contribution is -1.90. The average molecular weight is 279 g/mol. The predicted octanol–water partition coefficient (Wildman–Crippen LogP) is 4.75. The summed E-state index contributed by atoms with van der Waals surface area (Å²) < 4.78 is 0. The van der Waals surface area contributed by atoms with Gasteiger partial charge in [-0.15, -0.1) is 0 Å². The second-order valence-electron chi connectivity index (χ2n) is 3.91. The van der Waals surface area contributed by atoms with Crippen LogP contribution in [0, 0.1) is 6.92 Å². The number of hydrogen-bond acceptors (Lipinski definition) is 2. The Balaban J connectivity index is 2.05. The normalized spacial score (nSPS) is 10.8. The van der Waals surface area contributed by atoms with Crippen LogP contribution in [-0.2, 0) is 0 Å². The Kier molecular flexibility index (Phi) is 4.24. The zero-order valence-electron chi connectivity index (χ0n) is 9.82. The van der Waals surface area contributed by atoms with Crippen molar-refractivity contribution in [2.24, 2.45) is 5.10 Å². The molecule has 18 heavy (non-hydrogen) atoms. The molecule has 1 N–H and O–H groups in total. The molecule has 4 heteroatoms. The lowest BCUT2D eigenvalue weighted by molar-refractivity contribution is 1.35. The fraction of sp³-hybridized carbons (Fsp3) is 0.0714. The highest BCUT2D eigenvalue weighted by Crippen LogP contribution is 2.24. The van der Waals surface area contributed by atoms with Crippen molar-refractivity contribution < 1.29 is 0 Å². The van der Waals surface area contributed by atoms with E-state index in [-0.39, 0.29) is 0 Å². The fourth-order valence-electron chi connectivity index (χ4n) is 1.50. The second kappa shape index (κ2) is 5.89. The van der Waals surface area contributed by atoms with Crippen molar-refractivity contribution in [2.45, 2.75) is 6.92 Å². The van der Waals surface area contributed by atoms with Gasteiger partial charge in [0.05, 0.1) is 21.9 Å². The quantitative estimate of drug-likeness (QED) is 0.636. The molecule has 0 atom stereocenters. The molecule has 2 nitrogen and oxygen atoms in total. The third kappa shape index (κ3) is 3.49. The summed E-state index contributed by atoms with van der Waals surface area (Å²) in [6, 6.07) is 13.4. The monoisotopic (exact) mass is 278 g/mol. The van der Waals surface area contributed by atoms with Crippen LogP contribution >= 0.6 is 23.2 Å². The molecule has 0 aliphatic carbocycles. The summed E-state index contributed by atoms with van der Waals surface area (Å²) in [5, 5.41) is 5.19. The molecular formula is C14H12Cl2N2. The number of hydrazone groups is 1. The highest BCUT2D eigenvalue weighted by atomic mass is 35.5. The molecule has 0 aliphatic heterocycles. The topological polar surface area (TPSA) is 24.4 Å². The van der Waals surface area contributed by atoms with E-state index >= 15 is 0 Å². The number of hydrogen-bond donors (Lipinski definition) is 1. The van der Waals surface area contributed by atoms with Gasteiger partial charge in [-0.3, -0.25) is 5.43 Å². The summed E-state index contributed by atoms with van der Waals surface area (Å²) in [6.07, 6.45) is 1.76. The van der Waals surface area contributed by atoms with Crippen LogP contribution in [0.25, 0.3) is 0 Å². The Bertz CT molecular complexity index is 580. The van der Waals surface area contributed by atoms with E-state index in [1.807, 2.05) is 31.2 Å². The summed E-state index contributed by atoms with van der Waals surface area (Å²) in [6.45, 7) is 2.05. The molecule has 2 aromatic rings. The van der Waals surface area contributed by atoms with E-state index in [2.05, 4.69) is 16.6 Å². The second-order valence-corrected chi connectivity index (χ2v) is 4.73. The maximum Gasteiger partial charge on any atom is 0.0613 e. The summed E-state index contributed by atoms with van der Waals surface area (Å²) in [4.78, 5) is 0. The summed E-state index contributed by atoms with van der Waals surface area (Å²) in [5.74, 6) is 0. The first kappa shape index (κ1) is 12.9. The van der Waals surface area contributed by atoms with E-state index in [0.717, 1.165) is 11.3 Å². The SMILES string of the molecule is Cc1cccc(/C=N/Nc2ccc(Cl)c(Cl)c2)c1. The largest absolute Gasteiger partial charge is 0.278 e. The lowest BCUT2D eigenvalue weighted by Gasteiger charge is -2.02. The minimum absolute atomic E-state index is 0.507. The highest BCUT2D eigenvalue weighted by Gasteiger charge is 1.97. The molecule has 92 valence electrons. The molecule has 0 radical (unpaired) electrons. The van der Waals surface area contributed by atoms with Gasteiger partial charge in [0.25, 0.3) is 0 Å². The van der Waals surface area contributed by atoms with E-state index in [0.29, 0.717) is 10.0 Å². The predicted molar refractivity (Wildman–Crippen MR) is 78.9 cm³/mol. The zero-order chi connectivity index (χ0) is 13.0. The average Bonchev–Trinajstić information content (AvgIpc) is 2.34. The minimum Gasteiger partial charge on any atom is -0.278 e. The third-order valence-electron chi connectivity index (χ3n) is 2.37. The Labute approximate surface area is 116 Å². The van der Waals surface area contributed by atoms with Crippen molar-refractivity contribution in [1.82, 2.24) is 0 Å². The van der Waals surface area contributed by atoms with Gasteiger partial charge in [0.2, 0.25) is 0 Å². The van der Waals surface area contributed by atoms with Crippen LogP contribution in [0.2, 0.25) is 10.0 Å². The molecule has 0 unspecified atom stereocenters. The van der Waals surface area contributed by atoms with Crippen molar-refractivity contribution in [3.05, 3.63) is 63.6 Å². The molecule has 0 saturated heterocycles. The third-order valence-corrected chi connectivity index (χ3v) is 3.11. The summed E-state index contributed by atoms with van der Waals surface area (Å²) in [7, 11) is 0. The van der Waals surface area contributed by atoms with Gasteiger partial charge in [0, 0.05) is 0 Å². The van der Waals surface area contributed by atoms with E-state index < -0.39 is 0 Å². The lowest BCUT2D eigenvalue weighted by atomic mass is 10.2. The van der Waals surface area contributed by atoms with E-state index in [4.69, 9.17) is 23.2 Å². The van der Waals surface area contributed by atoms with Crippen molar-refractivity contribution in [1.29, 1.82) is 0 Å². The summed E-state index contributed by atoms with van der Waals surface area (Å²) in [5.41, 5.74) is 5.95. The highest BCUT2D eigenvalue weighted by molar-refractivity contribution is 6.42. The van der Waals surface area contributed by atoms with Gasteiger partial charge in [0.1, 0.15) is 0 Å². The van der Waals surface area contributed by atoms with Crippen molar-refractivity contribution in [2.75, 3.05) is 5.43 Å². The molecule has 0 aliphatic rings. The molecular weight excluding hydrogens is 267 g/mol. The molecule has 2 rings (SSSR count). The first-order valence-electron chi connectivity index (χ1n) is 5.46. The van der Waals surface area contributed by atoms with Crippen molar-refractivity contribution in [3.63, 3.8) is 0 Å². The van der Waals surface area contributed by atoms with Gasteiger partial charge < -0.3 is 0 Å². The van der Waals surface area contributed by atoms with Gasteiger partial charge in [-0.05, 0) is 30.7 Å². The Morgan fingerprint density at radius 1 is 1.06 bits per heavy atom. The van der Waals surface area contributed by atoms with Crippen molar-refractivity contribution in [3.8, 4) is 0 Å². The number of halogens is 2. The van der Waals surface area contributed by atoms with Gasteiger partial charge >= 0.3 is 0 Å². The molecule has 0 heterocycles. The fourth-order valence-corrected chi connectivity index (χ4v) is 1.80. The zero-order valence-corrected chi connectivity index (χ0v) is 11.3. The van der Waals surface area contributed by atoms with Crippen LogP contribution in [-0.4, -0.2) is 6.21 Å². The number of aryl methyl sites for hydroxylation is 1. The maximum atomic E-state index is 5.91. The molecule has 0 bridgehead atoms. The standard InChI is InChI=1S/C14H12Cl2N2/c1-10-3-2-4-11(7-10)9-17-18-12-5-6-13(15)14(16)8-12/h2-9,18H,1H3/b17-9+. The molecule has 0 fully saturated rings. The van der Waals surface area contributed by atoms with Gasteiger partial charge in [-0.2, -0.15) is 5.10 Å². The minimum atomic E-state index is 0.507. The number of nitrogens with one attached hydrogen (secondary N) is 1. The molecule has 2 aromatic carbocycles. The van der Waals surface area contributed by atoms with E-state index in [1.54, 1.807) is 18.3 Å². The molecule has 0 saturated carbocycles. The number of nitrogens with zero attached hydrogens (tertiary/aromatic N) is 1. The number of rotatable bonds is 3. The van der Waals surface area contributed by atoms with Gasteiger partial charge in [-0.25, -0.2) is 0 Å². The van der Waals surface area contributed by atoms with Crippen LogP contribution in [0.3, 0.4) is 0 Å². The first-order chi connectivity index (χ1) is 8.65. The molecule has 0 aromatic heterocycles. The Hall–Kier alpha value is -1.51. The molecule has 0 spiro atoms. The van der Waals surface area contributed by atoms with E-state index in [9.17, 15) is 0 Å². The number of anilines is 1. The van der Waals surface area contributed by atoms with Crippen molar-refractivity contribution >= 4 is 35.1 Å². The van der Waals surface area contributed by atoms with Crippen LogP contribution in [0.5, 0.6) is 0 Å². The van der Waals surface area contributed by atoms with Gasteiger partial charge in [0.15, 0.2) is 0 Å². The van der Waals surface area contributed by atoms with Crippen LogP contribution in [0.4, 0.5) is 5.69 Å². The maximum absolute atomic E-state index is 5.91. The van der Waals surface area contributed by atoms with Crippen LogP contribution in [0.15, 0.2) is 47.6 Å².